The van der Waals surface area contributed by atoms with Gasteiger partial charge in [-0.2, -0.15) is 0 Å². The molecule has 1 aromatic carbocycles. The standard InChI is InChI=1S/C17H18FN3O3/c1-2-24-15-8-7-12(9-19-15)10-20-16(22)17(23)21-11-13-5-3-4-6-14(13)18/h3-9H,2,10-11H2,1H3,(H,20,22)(H,21,23). The van der Waals surface area contributed by atoms with Crippen molar-refractivity contribution in [1.29, 1.82) is 0 Å². The highest BCUT2D eigenvalue weighted by Crippen LogP contribution is 2.07. The van der Waals surface area contributed by atoms with E-state index in [2.05, 4.69) is 15.6 Å². The van der Waals surface area contributed by atoms with Crippen LogP contribution >= 0.6 is 0 Å². The summed E-state index contributed by atoms with van der Waals surface area (Å²) in [5, 5.41) is 4.85. The molecule has 0 aliphatic carbocycles. The van der Waals surface area contributed by atoms with E-state index in [1.807, 2.05) is 6.92 Å². The molecule has 6 nitrogen and oxygen atoms in total. The summed E-state index contributed by atoms with van der Waals surface area (Å²) in [6.07, 6.45) is 1.56. The van der Waals surface area contributed by atoms with E-state index >= 15 is 0 Å². The van der Waals surface area contributed by atoms with Crippen LogP contribution in [0.2, 0.25) is 0 Å². The van der Waals surface area contributed by atoms with Crippen LogP contribution in [0.15, 0.2) is 42.6 Å². The number of hydrogen-bond acceptors (Lipinski definition) is 4. The van der Waals surface area contributed by atoms with Gasteiger partial charge >= 0.3 is 11.8 Å². The Hall–Kier alpha value is -2.96. The zero-order valence-corrected chi connectivity index (χ0v) is 13.2. The average Bonchev–Trinajstić information content (AvgIpc) is 2.60. The molecule has 2 N–H and O–H groups in total. The van der Waals surface area contributed by atoms with E-state index in [1.54, 1.807) is 36.5 Å². The Bertz CT molecular complexity index is 704. The Morgan fingerprint density at radius 3 is 2.42 bits per heavy atom. The molecule has 7 heteroatoms. The van der Waals surface area contributed by atoms with Gasteiger partial charge < -0.3 is 15.4 Å². The van der Waals surface area contributed by atoms with Crippen molar-refractivity contribution in [3.63, 3.8) is 0 Å². The predicted octanol–water partition coefficient (Wildman–Crippen LogP) is 1.55. The van der Waals surface area contributed by atoms with Gasteiger partial charge in [0.25, 0.3) is 0 Å². The largest absolute Gasteiger partial charge is 0.478 e. The molecule has 0 radical (unpaired) electrons. The number of halogens is 1. The highest BCUT2D eigenvalue weighted by atomic mass is 19.1. The number of carbonyl (C=O) groups is 2. The molecule has 0 unspecified atom stereocenters. The fourth-order valence-corrected chi connectivity index (χ4v) is 1.91. The van der Waals surface area contributed by atoms with Gasteiger partial charge in [0.15, 0.2) is 0 Å². The van der Waals surface area contributed by atoms with E-state index < -0.39 is 17.6 Å². The molecule has 126 valence electrons. The molecule has 1 heterocycles. The highest BCUT2D eigenvalue weighted by molar-refractivity contribution is 6.35. The first-order valence-electron chi connectivity index (χ1n) is 7.47. The summed E-state index contributed by atoms with van der Waals surface area (Å²) >= 11 is 0. The summed E-state index contributed by atoms with van der Waals surface area (Å²) in [7, 11) is 0. The lowest BCUT2D eigenvalue weighted by atomic mass is 10.2. The summed E-state index contributed by atoms with van der Waals surface area (Å²) in [5.41, 5.74) is 1.04. The first kappa shape index (κ1) is 17.4. The summed E-state index contributed by atoms with van der Waals surface area (Å²) in [4.78, 5) is 27.5. The van der Waals surface area contributed by atoms with E-state index in [9.17, 15) is 14.0 Å². The van der Waals surface area contributed by atoms with Crippen LogP contribution in [0.25, 0.3) is 0 Å². The molecule has 0 aliphatic rings. The van der Waals surface area contributed by atoms with Crippen molar-refractivity contribution < 1.29 is 18.7 Å². The highest BCUT2D eigenvalue weighted by Gasteiger charge is 2.13. The number of benzene rings is 1. The van der Waals surface area contributed by atoms with Crippen molar-refractivity contribution in [3.05, 3.63) is 59.5 Å². The van der Waals surface area contributed by atoms with Gasteiger partial charge in [-0.15, -0.1) is 0 Å². The summed E-state index contributed by atoms with van der Waals surface area (Å²) in [6, 6.07) is 9.47. The molecule has 2 aromatic rings. The minimum atomic E-state index is -0.822. The maximum Gasteiger partial charge on any atom is 0.309 e. The normalized spacial score (nSPS) is 10.1. The van der Waals surface area contributed by atoms with Gasteiger partial charge in [0.2, 0.25) is 5.88 Å². The quantitative estimate of drug-likeness (QED) is 0.787. The Morgan fingerprint density at radius 2 is 1.79 bits per heavy atom. The molecular formula is C17H18FN3O3. The maximum atomic E-state index is 13.4. The Balaban J connectivity index is 1.79. The molecule has 0 aliphatic heterocycles. The SMILES string of the molecule is CCOc1ccc(CNC(=O)C(=O)NCc2ccccc2F)cn1. The van der Waals surface area contributed by atoms with Crippen LogP contribution in [0.1, 0.15) is 18.1 Å². The summed E-state index contributed by atoms with van der Waals surface area (Å²) in [5.74, 6) is -1.55. The van der Waals surface area contributed by atoms with Crippen LogP contribution in [-0.2, 0) is 22.7 Å². The van der Waals surface area contributed by atoms with Crippen molar-refractivity contribution in [2.24, 2.45) is 0 Å². The number of hydrogen-bond donors (Lipinski definition) is 2. The zero-order valence-electron chi connectivity index (χ0n) is 13.2. The van der Waals surface area contributed by atoms with E-state index in [-0.39, 0.29) is 13.1 Å². The number of nitrogens with one attached hydrogen (secondary N) is 2. The number of carbonyl (C=O) groups excluding carboxylic acids is 2. The molecule has 2 rings (SSSR count). The second kappa shape index (κ2) is 8.61. The van der Waals surface area contributed by atoms with Gasteiger partial charge in [0, 0.05) is 30.9 Å². The molecule has 0 saturated carbocycles. The third-order valence-electron chi connectivity index (χ3n) is 3.15. The molecule has 0 fully saturated rings. The van der Waals surface area contributed by atoms with Gasteiger partial charge in [-0.05, 0) is 18.6 Å². The molecule has 2 amide bonds. The van der Waals surface area contributed by atoms with Crippen molar-refractivity contribution in [3.8, 4) is 5.88 Å². The lowest BCUT2D eigenvalue weighted by Gasteiger charge is -2.08. The van der Waals surface area contributed by atoms with E-state index in [0.29, 0.717) is 18.1 Å². The van der Waals surface area contributed by atoms with Crippen LogP contribution in [0, 0.1) is 5.82 Å². The van der Waals surface area contributed by atoms with Crippen LogP contribution in [0.5, 0.6) is 5.88 Å². The first-order valence-corrected chi connectivity index (χ1v) is 7.47. The van der Waals surface area contributed by atoms with Crippen LogP contribution < -0.4 is 15.4 Å². The number of aromatic nitrogens is 1. The van der Waals surface area contributed by atoms with Crippen LogP contribution in [-0.4, -0.2) is 23.4 Å². The molecular weight excluding hydrogens is 313 g/mol. The lowest BCUT2D eigenvalue weighted by Crippen LogP contribution is -2.39. The average molecular weight is 331 g/mol. The Kier molecular flexibility index (Phi) is 6.24. The van der Waals surface area contributed by atoms with E-state index in [0.717, 1.165) is 5.56 Å². The number of nitrogens with zero attached hydrogens (tertiary/aromatic N) is 1. The van der Waals surface area contributed by atoms with Crippen molar-refractivity contribution >= 4 is 11.8 Å². The smallest absolute Gasteiger partial charge is 0.309 e. The number of ether oxygens (including phenoxy) is 1. The minimum absolute atomic E-state index is 0.0520. The molecule has 0 atom stereocenters. The molecule has 0 saturated heterocycles. The number of rotatable bonds is 6. The number of pyridine rings is 1. The van der Waals surface area contributed by atoms with Gasteiger partial charge in [0.1, 0.15) is 5.82 Å². The van der Waals surface area contributed by atoms with Crippen molar-refractivity contribution in [2.75, 3.05) is 6.61 Å². The van der Waals surface area contributed by atoms with Crippen molar-refractivity contribution in [2.45, 2.75) is 20.0 Å². The Morgan fingerprint density at radius 1 is 1.08 bits per heavy atom. The van der Waals surface area contributed by atoms with Crippen molar-refractivity contribution in [1.82, 2.24) is 15.6 Å². The third-order valence-corrected chi connectivity index (χ3v) is 3.15. The van der Waals surface area contributed by atoms with Gasteiger partial charge in [0.05, 0.1) is 6.61 Å². The topological polar surface area (TPSA) is 80.3 Å². The zero-order chi connectivity index (χ0) is 17.4. The monoisotopic (exact) mass is 331 g/mol. The van der Waals surface area contributed by atoms with E-state index in [4.69, 9.17) is 4.74 Å². The second-order valence-corrected chi connectivity index (χ2v) is 4.89. The fraction of sp³-hybridized carbons (Fsp3) is 0.235. The molecule has 1 aromatic heterocycles. The molecule has 24 heavy (non-hydrogen) atoms. The van der Waals surface area contributed by atoms with Gasteiger partial charge in [-0.25, -0.2) is 9.37 Å². The lowest BCUT2D eigenvalue weighted by molar-refractivity contribution is -0.139. The van der Waals surface area contributed by atoms with Gasteiger partial charge in [-0.3, -0.25) is 9.59 Å². The predicted molar refractivity (Wildman–Crippen MR) is 85.5 cm³/mol. The molecule has 0 bridgehead atoms. The Labute approximate surface area is 139 Å². The minimum Gasteiger partial charge on any atom is -0.478 e. The van der Waals surface area contributed by atoms with Crippen LogP contribution in [0.3, 0.4) is 0 Å². The van der Waals surface area contributed by atoms with Crippen LogP contribution in [0.4, 0.5) is 4.39 Å². The first-order chi connectivity index (χ1) is 11.6. The van der Waals surface area contributed by atoms with E-state index in [1.165, 1.54) is 6.07 Å². The fourth-order valence-electron chi connectivity index (χ4n) is 1.91. The van der Waals surface area contributed by atoms with Gasteiger partial charge in [-0.1, -0.05) is 24.3 Å². The second-order valence-electron chi connectivity index (χ2n) is 4.89. The maximum absolute atomic E-state index is 13.4. The summed E-state index contributed by atoms with van der Waals surface area (Å²) < 4.78 is 18.6. The molecule has 0 spiro atoms. The number of amides is 2. The summed E-state index contributed by atoms with van der Waals surface area (Å²) in [6.45, 7) is 2.48. The third kappa shape index (κ3) is 5.05.